The van der Waals surface area contributed by atoms with Gasteiger partial charge in [-0.1, -0.05) is 41.4 Å². The van der Waals surface area contributed by atoms with E-state index in [1.54, 1.807) is 0 Å². The molecule has 1 aromatic rings. The summed E-state index contributed by atoms with van der Waals surface area (Å²) >= 11 is 8.95. The first-order valence-corrected chi connectivity index (χ1v) is 6.74. The lowest BCUT2D eigenvalue weighted by Crippen LogP contribution is -2.27. The molecule has 1 aromatic carbocycles. The zero-order chi connectivity index (χ0) is 14.8. The molecule has 7 heteroatoms. The fraction of sp³-hybridized carbons (Fsp3) is 0.417. The fourth-order valence-electron chi connectivity index (χ4n) is 1.30. The Morgan fingerprint density at radius 2 is 1.95 bits per heavy atom. The molecule has 2 nitrogen and oxygen atoms in total. The van der Waals surface area contributed by atoms with E-state index in [0.717, 1.165) is 18.2 Å². The Hall–Kier alpha value is -0.750. The van der Waals surface area contributed by atoms with E-state index in [1.807, 2.05) is 13.8 Å². The summed E-state index contributed by atoms with van der Waals surface area (Å²) in [6.45, 7) is 3.62. The van der Waals surface area contributed by atoms with Crippen LogP contribution in [-0.4, -0.2) is 10.7 Å². The van der Waals surface area contributed by atoms with E-state index < -0.39 is 22.5 Å². The maximum atomic E-state index is 12.6. The Balaban J connectivity index is 2.98. The van der Waals surface area contributed by atoms with E-state index in [-0.39, 0.29) is 16.6 Å². The first-order chi connectivity index (χ1) is 8.62. The van der Waals surface area contributed by atoms with Crippen LogP contribution in [0.4, 0.5) is 18.9 Å². The number of benzene rings is 1. The second kappa shape index (κ2) is 6.13. The first kappa shape index (κ1) is 16.3. The van der Waals surface area contributed by atoms with Gasteiger partial charge in [0.1, 0.15) is 0 Å². The number of carbonyl (C=O) groups excluding carboxylic acids is 1. The van der Waals surface area contributed by atoms with E-state index in [1.165, 1.54) is 0 Å². The minimum atomic E-state index is -4.48. The summed E-state index contributed by atoms with van der Waals surface area (Å²) in [5.74, 6) is -0.430. The predicted octanol–water partition coefficient (Wildman–Crippen LogP) is 4.72. The second-order valence-electron chi connectivity index (χ2n) is 4.33. The summed E-state index contributed by atoms with van der Waals surface area (Å²) in [6, 6.07) is 2.80. The predicted molar refractivity (Wildman–Crippen MR) is 72.6 cm³/mol. The van der Waals surface area contributed by atoms with E-state index in [9.17, 15) is 18.0 Å². The number of halogens is 5. The molecule has 1 N–H and O–H groups in total. The fourth-order valence-corrected chi connectivity index (χ4v) is 1.58. The number of carbonyl (C=O) groups is 1. The molecule has 0 spiro atoms. The Morgan fingerprint density at radius 3 is 2.42 bits per heavy atom. The number of anilines is 1. The molecule has 0 aliphatic heterocycles. The highest BCUT2D eigenvalue weighted by Crippen LogP contribution is 2.34. The smallest absolute Gasteiger partial charge is 0.324 e. The minimum Gasteiger partial charge on any atom is -0.324 e. The van der Waals surface area contributed by atoms with Crippen LogP contribution in [0.5, 0.6) is 0 Å². The molecular weight excluding hydrogens is 346 g/mol. The summed E-state index contributed by atoms with van der Waals surface area (Å²) in [5, 5.41) is 2.45. The Bertz CT molecular complexity index is 477. The van der Waals surface area contributed by atoms with Crippen LogP contribution in [0.15, 0.2) is 18.2 Å². The van der Waals surface area contributed by atoms with Crippen LogP contribution >= 0.6 is 27.5 Å². The van der Waals surface area contributed by atoms with Gasteiger partial charge in [-0.15, -0.1) is 0 Å². The maximum absolute atomic E-state index is 12.6. The monoisotopic (exact) mass is 357 g/mol. The standard InChI is InChI=1S/C12H12BrClF3NO/c1-6(2)10(13)11(19)18-9-5-7(12(15,16)17)3-4-8(9)14/h3-6,10H,1-2H3,(H,18,19). The van der Waals surface area contributed by atoms with Gasteiger partial charge in [0, 0.05) is 0 Å². The van der Waals surface area contributed by atoms with Crippen molar-refractivity contribution < 1.29 is 18.0 Å². The van der Waals surface area contributed by atoms with Gasteiger partial charge in [-0.05, 0) is 24.1 Å². The number of hydrogen-bond donors (Lipinski definition) is 1. The van der Waals surface area contributed by atoms with Crippen molar-refractivity contribution in [1.82, 2.24) is 0 Å². The number of alkyl halides is 4. The minimum absolute atomic E-state index is 0.00424. The van der Waals surface area contributed by atoms with Crippen molar-refractivity contribution in [2.45, 2.75) is 24.9 Å². The molecule has 1 atom stereocenters. The van der Waals surface area contributed by atoms with E-state index in [4.69, 9.17) is 11.6 Å². The van der Waals surface area contributed by atoms with E-state index >= 15 is 0 Å². The number of hydrogen-bond acceptors (Lipinski definition) is 1. The molecule has 0 bridgehead atoms. The van der Waals surface area contributed by atoms with Gasteiger partial charge in [0.15, 0.2) is 0 Å². The summed E-state index contributed by atoms with van der Waals surface area (Å²) in [7, 11) is 0. The molecule has 0 radical (unpaired) electrons. The highest BCUT2D eigenvalue weighted by atomic mass is 79.9. The average Bonchev–Trinajstić information content (AvgIpc) is 2.29. The molecule has 106 valence electrons. The van der Waals surface area contributed by atoms with E-state index in [2.05, 4.69) is 21.2 Å². The number of rotatable bonds is 3. The van der Waals surface area contributed by atoms with Crippen molar-refractivity contribution in [2.24, 2.45) is 5.92 Å². The highest BCUT2D eigenvalue weighted by Gasteiger charge is 2.31. The van der Waals surface area contributed by atoms with Gasteiger partial charge in [0.2, 0.25) is 5.91 Å². The van der Waals surface area contributed by atoms with Crippen molar-refractivity contribution in [1.29, 1.82) is 0 Å². The normalized spacial score (nSPS) is 13.5. The van der Waals surface area contributed by atoms with Crippen LogP contribution in [0, 0.1) is 5.92 Å². The lowest BCUT2D eigenvalue weighted by atomic mass is 10.1. The van der Waals surface area contributed by atoms with Crippen molar-refractivity contribution >= 4 is 39.1 Å². The Labute approximate surface area is 122 Å². The van der Waals surface area contributed by atoms with Crippen LogP contribution in [0.25, 0.3) is 0 Å². The zero-order valence-corrected chi connectivity index (χ0v) is 12.5. The summed E-state index contributed by atoms with van der Waals surface area (Å²) in [6.07, 6.45) is -4.48. The van der Waals surface area contributed by atoms with Crippen molar-refractivity contribution in [3.05, 3.63) is 28.8 Å². The first-order valence-electron chi connectivity index (χ1n) is 5.44. The van der Waals surface area contributed by atoms with Crippen LogP contribution < -0.4 is 5.32 Å². The number of amides is 1. The Morgan fingerprint density at radius 1 is 1.37 bits per heavy atom. The summed E-state index contributed by atoms with van der Waals surface area (Å²) < 4.78 is 37.7. The molecule has 1 unspecified atom stereocenters. The van der Waals surface area contributed by atoms with E-state index in [0.29, 0.717) is 0 Å². The van der Waals surface area contributed by atoms with Gasteiger partial charge in [0.05, 0.1) is 21.1 Å². The van der Waals surface area contributed by atoms with Crippen LogP contribution in [0.1, 0.15) is 19.4 Å². The molecule has 0 saturated heterocycles. The van der Waals surface area contributed by atoms with Crippen LogP contribution in [-0.2, 0) is 11.0 Å². The largest absolute Gasteiger partial charge is 0.416 e. The second-order valence-corrected chi connectivity index (χ2v) is 5.72. The van der Waals surface area contributed by atoms with Crippen molar-refractivity contribution in [3.8, 4) is 0 Å². The van der Waals surface area contributed by atoms with Crippen molar-refractivity contribution in [2.75, 3.05) is 5.32 Å². The quantitative estimate of drug-likeness (QED) is 0.779. The summed E-state index contributed by atoms with van der Waals surface area (Å²) in [4.78, 5) is 11.3. The Kier molecular flexibility index (Phi) is 5.26. The molecule has 0 aromatic heterocycles. The highest BCUT2D eigenvalue weighted by molar-refractivity contribution is 9.10. The molecule has 0 aliphatic rings. The van der Waals surface area contributed by atoms with Crippen molar-refractivity contribution in [3.63, 3.8) is 0 Å². The maximum Gasteiger partial charge on any atom is 0.416 e. The molecule has 0 heterocycles. The topological polar surface area (TPSA) is 29.1 Å². The molecule has 1 rings (SSSR count). The third-order valence-corrected chi connectivity index (χ3v) is 4.19. The molecular formula is C12H12BrClF3NO. The van der Waals surface area contributed by atoms with Crippen LogP contribution in [0.2, 0.25) is 5.02 Å². The van der Waals surface area contributed by atoms with Gasteiger partial charge in [-0.25, -0.2) is 0 Å². The van der Waals surface area contributed by atoms with Gasteiger partial charge >= 0.3 is 6.18 Å². The molecule has 19 heavy (non-hydrogen) atoms. The third kappa shape index (κ3) is 4.38. The van der Waals surface area contributed by atoms with Gasteiger partial charge in [-0.2, -0.15) is 13.2 Å². The van der Waals surface area contributed by atoms with Gasteiger partial charge in [-0.3, -0.25) is 4.79 Å². The molecule has 1 amide bonds. The SMILES string of the molecule is CC(C)C(Br)C(=O)Nc1cc(C(F)(F)F)ccc1Cl. The van der Waals surface area contributed by atoms with Gasteiger partial charge in [0.25, 0.3) is 0 Å². The lowest BCUT2D eigenvalue weighted by molar-refractivity contribution is -0.137. The van der Waals surface area contributed by atoms with Gasteiger partial charge < -0.3 is 5.32 Å². The molecule has 0 fully saturated rings. The third-order valence-electron chi connectivity index (χ3n) is 2.39. The number of nitrogens with one attached hydrogen (secondary N) is 1. The lowest BCUT2D eigenvalue weighted by Gasteiger charge is -2.16. The zero-order valence-electron chi connectivity index (χ0n) is 10.2. The molecule has 0 saturated carbocycles. The average molecular weight is 359 g/mol. The summed E-state index contributed by atoms with van der Waals surface area (Å²) in [5.41, 5.74) is -0.908. The van der Waals surface area contributed by atoms with Crippen LogP contribution in [0.3, 0.4) is 0 Å². The molecule has 0 aliphatic carbocycles.